The third kappa shape index (κ3) is 6.38. The van der Waals surface area contributed by atoms with Crippen LogP contribution in [-0.4, -0.2) is 57.8 Å². The van der Waals surface area contributed by atoms with Crippen molar-refractivity contribution in [1.82, 2.24) is 20.0 Å². The summed E-state index contributed by atoms with van der Waals surface area (Å²) in [6.07, 6.45) is 4.48. The molecule has 1 aromatic heterocycles. The number of aromatic hydroxyl groups is 1. The van der Waals surface area contributed by atoms with Crippen molar-refractivity contribution in [2.45, 2.75) is 77.9 Å². The molecular weight excluding hydrogens is 488 g/mol. The van der Waals surface area contributed by atoms with Crippen molar-refractivity contribution >= 4 is 28.9 Å². The maximum Gasteiger partial charge on any atom is 0.291 e. The van der Waals surface area contributed by atoms with Gasteiger partial charge in [0.05, 0.1) is 17.3 Å². The summed E-state index contributed by atoms with van der Waals surface area (Å²) < 4.78 is 1.35. The van der Waals surface area contributed by atoms with Gasteiger partial charge in [0.25, 0.3) is 17.0 Å². The maximum atomic E-state index is 13.8. The Bertz CT molecular complexity index is 1270. The molecule has 0 aliphatic heterocycles. The van der Waals surface area contributed by atoms with E-state index in [0.717, 1.165) is 32.1 Å². The van der Waals surface area contributed by atoms with Crippen LogP contribution in [0.1, 0.15) is 76.2 Å². The van der Waals surface area contributed by atoms with E-state index in [-0.39, 0.29) is 52.3 Å². The van der Waals surface area contributed by atoms with Crippen molar-refractivity contribution < 1.29 is 14.7 Å². The molecule has 2 amide bonds. The highest BCUT2D eigenvalue weighted by atomic mass is 16.3. The molecule has 1 aliphatic rings. The van der Waals surface area contributed by atoms with E-state index in [1.165, 1.54) is 21.7 Å². The molecule has 1 fully saturated rings. The fourth-order valence-corrected chi connectivity index (χ4v) is 4.66. The lowest BCUT2D eigenvalue weighted by atomic mass is 9.95. The summed E-state index contributed by atoms with van der Waals surface area (Å²) in [6.45, 7) is 7.35. The van der Waals surface area contributed by atoms with Gasteiger partial charge in [-0.2, -0.15) is 0 Å². The minimum Gasteiger partial charge on any atom is -0.505 e. The number of anilines is 3. The number of nitrogens with one attached hydrogen (secondary N) is 4. The lowest BCUT2D eigenvalue weighted by Crippen LogP contribution is -2.47. The predicted octanol–water partition coefficient (Wildman–Crippen LogP) is 3.15. The zero-order chi connectivity index (χ0) is 28.1. The average Bonchev–Trinajstić information content (AvgIpc) is 2.86. The standard InChI is InChI=1S/C27H40N6O5/c1-15(2)20(24(35)28-16(3)4)30-21-22(27(38)33(31-25(21)36)17-11-8-7-9-12-17)29-19-14-10-13-18(23(19)34)26(37)32(5)6/h10,13-17,20,29-30,34H,7-9,11-12H2,1-6H3,(H,28,35)(H,31,36). The van der Waals surface area contributed by atoms with Crippen LogP contribution in [0.3, 0.4) is 0 Å². The highest BCUT2D eigenvalue weighted by Crippen LogP contribution is 2.32. The first kappa shape index (κ1) is 28.8. The van der Waals surface area contributed by atoms with E-state index in [9.17, 15) is 24.3 Å². The zero-order valence-electron chi connectivity index (χ0n) is 23.1. The van der Waals surface area contributed by atoms with Gasteiger partial charge in [0.15, 0.2) is 5.75 Å². The van der Waals surface area contributed by atoms with Gasteiger partial charge in [-0.15, -0.1) is 0 Å². The molecule has 38 heavy (non-hydrogen) atoms. The second-order valence-electron chi connectivity index (χ2n) is 10.7. The number of rotatable bonds is 9. The molecule has 1 aromatic carbocycles. The van der Waals surface area contributed by atoms with Crippen molar-refractivity contribution in [2.75, 3.05) is 24.7 Å². The zero-order valence-corrected chi connectivity index (χ0v) is 23.1. The number of carbonyl (C=O) groups excluding carboxylic acids is 2. The lowest BCUT2D eigenvalue weighted by molar-refractivity contribution is -0.123. The van der Waals surface area contributed by atoms with Crippen LogP contribution < -0.4 is 27.1 Å². The van der Waals surface area contributed by atoms with Gasteiger partial charge >= 0.3 is 0 Å². The molecule has 11 nitrogen and oxygen atoms in total. The molecule has 2 aromatic rings. The monoisotopic (exact) mass is 528 g/mol. The molecule has 11 heteroatoms. The Hall–Kier alpha value is -3.76. The number of para-hydroxylation sites is 1. The number of nitrogens with zero attached hydrogens (tertiary/aromatic N) is 2. The number of phenolic OH excluding ortho intramolecular Hbond substituents is 1. The predicted molar refractivity (Wildman–Crippen MR) is 148 cm³/mol. The molecular formula is C27H40N6O5. The topological polar surface area (TPSA) is 149 Å². The molecule has 1 heterocycles. The Morgan fingerprint density at radius 2 is 1.71 bits per heavy atom. The molecule has 0 saturated heterocycles. The summed E-state index contributed by atoms with van der Waals surface area (Å²) >= 11 is 0. The van der Waals surface area contributed by atoms with Gasteiger partial charge in [-0.05, 0) is 44.7 Å². The number of aromatic nitrogens is 2. The van der Waals surface area contributed by atoms with E-state index < -0.39 is 23.1 Å². The smallest absolute Gasteiger partial charge is 0.291 e. The Labute approximate surface area is 222 Å². The minimum atomic E-state index is -0.806. The van der Waals surface area contributed by atoms with Gasteiger partial charge in [0.2, 0.25) is 5.91 Å². The van der Waals surface area contributed by atoms with Crippen LogP contribution in [0.5, 0.6) is 5.75 Å². The quantitative estimate of drug-likeness (QED) is 0.314. The average molecular weight is 529 g/mol. The van der Waals surface area contributed by atoms with E-state index in [1.54, 1.807) is 20.2 Å². The van der Waals surface area contributed by atoms with E-state index in [1.807, 2.05) is 27.7 Å². The van der Waals surface area contributed by atoms with Crippen molar-refractivity contribution in [3.05, 3.63) is 44.5 Å². The molecule has 208 valence electrons. The first-order valence-corrected chi connectivity index (χ1v) is 13.2. The summed E-state index contributed by atoms with van der Waals surface area (Å²) in [5, 5.41) is 22.4. The van der Waals surface area contributed by atoms with Crippen molar-refractivity contribution in [3.63, 3.8) is 0 Å². The largest absolute Gasteiger partial charge is 0.505 e. The van der Waals surface area contributed by atoms with Crippen molar-refractivity contribution in [3.8, 4) is 5.75 Å². The SMILES string of the molecule is CC(C)NC(=O)C(Nc1c(Nc2cccc(C(=O)N(C)C)c2O)c(=O)n(C2CCCCC2)[nH]c1=O)C(C)C. The molecule has 0 spiro atoms. The summed E-state index contributed by atoms with van der Waals surface area (Å²) in [5.74, 6) is -1.28. The second kappa shape index (κ2) is 12.2. The highest BCUT2D eigenvalue weighted by molar-refractivity contribution is 5.99. The Kier molecular flexibility index (Phi) is 9.24. The van der Waals surface area contributed by atoms with Crippen LogP contribution in [0, 0.1) is 5.92 Å². The van der Waals surface area contributed by atoms with E-state index in [4.69, 9.17) is 0 Å². The molecule has 0 radical (unpaired) electrons. The summed E-state index contributed by atoms with van der Waals surface area (Å²) in [4.78, 5) is 54.1. The second-order valence-corrected chi connectivity index (χ2v) is 10.7. The van der Waals surface area contributed by atoms with Crippen LogP contribution in [-0.2, 0) is 4.79 Å². The van der Waals surface area contributed by atoms with Crippen LogP contribution in [0.2, 0.25) is 0 Å². The fourth-order valence-electron chi connectivity index (χ4n) is 4.66. The molecule has 5 N–H and O–H groups in total. The first-order chi connectivity index (χ1) is 17.9. The number of hydrogen-bond acceptors (Lipinski definition) is 7. The van der Waals surface area contributed by atoms with Gasteiger partial charge in [-0.3, -0.25) is 24.3 Å². The van der Waals surface area contributed by atoms with E-state index in [2.05, 4.69) is 21.0 Å². The van der Waals surface area contributed by atoms with Gasteiger partial charge in [-0.1, -0.05) is 39.2 Å². The third-order valence-electron chi connectivity index (χ3n) is 6.68. The molecule has 3 rings (SSSR count). The Morgan fingerprint density at radius 1 is 1.05 bits per heavy atom. The van der Waals surface area contributed by atoms with Gasteiger partial charge in [-0.25, -0.2) is 4.68 Å². The molecule has 1 saturated carbocycles. The molecule has 1 unspecified atom stereocenters. The lowest BCUT2D eigenvalue weighted by Gasteiger charge is -2.27. The van der Waals surface area contributed by atoms with E-state index >= 15 is 0 Å². The summed E-state index contributed by atoms with van der Waals surface area (Å²) in [5.41, 5.74) is -1.14. The maximum absolute atomic E-state index is 13.8. The van der Waals surface area contributed by atoms with Crippen molar-refractivity contribution in [2.24, 2.45) is 5.92 Å². The number of amides is 2. The van der Waals surface area contributed by atoms with Gasteiger partial charge in [0.1, 0.15) is 17.4 Å². The van der Waals surface area contributed by atoms with Gasteiger partial charge < -0.3 is 26.0 Å². The van der Waals surface area contributed by atoms with Crippen LogP contribution in [0.15, 0.2) is 27.8 Å². The Morgan fingerprint density at radius 3 is 2.29 bits per heavy atom. The van der Waals surface area contributed by atoms with Crippen LogP contribution in [0.4, 0.5) is 17.1 Å². The van der Waals surface area contributed by atoms with Crippen LogP contribution >= 0.6 is 0 Å². The third-order valence-corrected chi connectivity index (χ3v) is 6.68. The highest BCUT2D eigenvalue weighted by Gasteiger charge is 2.28. The van der Waals surface area contributed by atoms with Gasteiger partial charge in [0, 0.05) is 20.1 Å². The van der Waals surface area contributed by atoms with E-state index in [0.29, 0.717) is 0 Å². The minimum absolute atomic E-state index is 0.0447. The fraction of sp³-hybridized carbons (Fsp3) is 0.556. The molecule has 1 aliphatic carbocycles. The van der Waals surface area contributed by atoms with Crippen LogP contribution in [0.25, 0.3) is 0 Å². The number of phenols is 1. The normalized spacial score (nSPS) is 14.8. The summed E-state index contributed by atoms with van der Waals surface area (Å²) in [6, 6.07) is 3.48. The number of hydrogen-bond donors (Lipinski definition) is 5. The number of aromatic amines is 1. The molecule has 0 bridgehead atoms. The first-order valence-electron chi connectivity index (χ1n) is 13.2. The summed E-state index contributed by atoms with van der Waals surface area (Å²) in [7, 11) is 3.13. The number of carbonyl (C=O) groups is 2. The Balaban J connectivity index is 2.16. The number of H-pyrrole nitrogens is 1. The number of benzene rings is 1. The van der Waals surface area contributed by atoms with Crippen molar-refractivity contribution in [1.29, 1.82) is 0 Å². The molecule has 1 atom stereocenters.